The zero-order valence-electron chi connectivity index (χ0n) is 12.7. The van der Waals surface area contributed by atoms with Gasteiger partial charge < -0.3 is 5.32 Å². The molecule has 3 heteroatoms. The fourth-order valence-electron chi connectivity index (χ4n) is 2.84. The molecule has 108 valence electrons. The summed E-state index contributed by atoms with van der Waals surface area (Å²) in [7, 11) is 0. The van der Waals surface area contributed by atoms with E-state index >= 15 is 0 Å². The molecule has 1 saturated heterocycles. The molecule has 0 aliphatic carbocycles. The van der Waals surface area contributed by atoms with E-state index in [9.17, 15) is 0 Å². The third-order valence-corrected chi connectivity index (χ3v) is 5.54. The number of piperidine rings is 1. The van der Waals surface area contributed by atoms with Crippen LogP contribution in [-0.4, -0.2) is 18.1 Å². The molecule has 0 spiro atoms. The van der Waals surface area contributed by atoms with Gasteiger partial charge in [-0.15, -0.1) is 11.3 Å². The van der Waals surface area contributed by atoms with Crippen LogP contribution in [0, 0.1) is 5.92 Å². The maximum Gasteiger partial charge on any atom is 0.0992 e. The van der Waals surface area contributed by atoms with Gasteiger partial charge in [-0.3, -0.25) is 0 Å². The highest BCUT2D eigenvalue weighted by Crippen LogP contribution is 2.32. The summed E-state index contributed by atoms with van der Waals surface area (Å²) in [5, 5.41) is 4.68. The average molecular weight is 288 g/mol. The average Bonchev–Trinajstić information content (AvgIpc) is 2.83. The van der Waals surface area contributed by atoms with E-state index in [-0.39, 0.29) is 5.41 Å². The van der Waals surface area contributed by atoms with E-state index in [4.69, 9.17) is 4.98 Å². The van der Waals surface area contributed by atoms with E-state index in [0.29, 0.717) is 0 Å². The molecule has 20 heavy (non-hydrogen) atoms. The Hall–Kier alpha value is -0.930. The zero-order valence-corrected chi connectivity index (χ0v) is 13.5. The van der Waals surface area contributed by atoms with Crippen LogP contribution in [-0.2, 0) is 11.8 Å². The highest BCUT2D eigenvalue weighted by molar-refractivity contribution is 7.18. The predicted octanol–water partition coefficient (Wildman–Crippen LogP) is 4.14. The fourth-order valence-corrected chi connectivity index (χ4v) is 3.84. The molecule has 1 aliphatic heterocycles. The minimum absolute atomic E-state index is 0.152. The van der Waals surface area contributed by atoms with Gasteiger partial charge in [-0.2, -0.15) is 0 Å². The minimum atomic E-state index is 0.152. The first-order valence-electron chi connectivity index (χ1n) is 7.63. The van der Waals surface area contributed by atoms with E-state index in [1.165, 1.54) is 53.1 Å². The molecule has 1 aromatic carbocycles. The molecule has 1 N–H and O–H groups in total. The summed E-state index contributed by atoms with van der Waals surface area (Å²) < 4.78 is 1.32. The molecule has 3 rings (SSSR count). The van der Waals surface area contributed by atoms with Gasteiger partial charge in [-0.1, -0.05) is 26.8 Å². The van der Waals surface area contributed by atoms with Crippen LogP contribution in [0.3, 0.4) is 0 Å². The van der Waals surface area contributed by atoms with Crippen LogP contribution in [0.2, 0.25) is 0 Å². The fraction of sp³-hybridized carbons (Fsp3) is 0.588. The highest BCUT2D eigenvalue weighted by atomic mass is 32.1. The lowest BCUT2D eigenvalue weighted by Crippen LogP contribution is -2.28. The Morgan fingerprint density at radius 2 is 2.00 bits per heavy atom. The van der Waals surface area contributed by atoms with Crippen molar-refractivity contribution in [2.75, 3.05) is 13.1 Å². The molecule has 0 atom stereocenters. The number of nitrogens with zero attached hydrogens (tertiary/aromatic N) is 1. The van der Waals surface area contributed by atoms with Crippen LogP contribution in [0.4, 0.5) is 0 Å². The van der Waals surface area contributed by atoms with Crippen molar-refractivity contribution < 1.29 is 0 Å². The molecule has 1 aromatic heterocycles. The van der Waals surface area contributed by atoms with Gasteiger partial charge in [-0.25, -0.2) is 4.98 Å². The van der Waals surface area contributed by atoms with Crippen molar-refractivity contribution in [3.8, 4) is 0 Å². The van der Waals surface area contributed by atoms with Gasteiger partial charge in [0.05, 0.1) is 15.2 Å². The highest BCUT2D eigenvalue weighted by Gasteiger charge is 2.19. The summed E-state index contributed by atoms with van der Waals surface area (Å²) in [5.41, 5.74) is 2.79. The molecule has 0 saturated carbocycles. The molecule has 1 aliphatic rings. The number of hydrogen-bond donors (Lipinski definition) is 1. The van der Waals surface area contributed by atoms with Gasteiger partial charge in [0.2, 0.25) is 0 Å². The third-order valence-electron chi connectivity index (χ3n) is 4.08. The molecule has 0 amide bonds. The number of fused-ring (bicyclic) bond motifs is 1. The summed E-state index contributed by atoms with van der Waals surface area (Å²) in [6.45, 7) is 9.07. The van der Waals surface area contributed by atoms with Gasteiger partial charge in [0, 0.05) is 5.41 Å². The first-order valence-corrected chi connectivity index (χ1v) is 8.45. The van der Waals surface area contributed by atoms with E-state index < -0.39 is 0 Å². The maximum absolute atomic E-state index is 4.84. The minimum Gasteiger partial charge on any atom is -0.317 e. The van der Waals surface area contributed by atoms with Gasteiger partial charge >= 0.3 is 0 Å². The van der Waals surface area contributed by atoms with Gasteiger partial charge in [0.15, 0.2) is 0 Å². The third kappa shape index (κ3) is 3.04. The van der Waals surface area contributed by atoms with E-state index in [2.05, 4.69) is 44.3 Å². The normalized spacial score (nSPS) is 17.8. The molecule has 0 radical (unpaired) electrons. The summed E-state index contributed by atoms with van der Waals surface area (Å²) in [5.74, 6) is 0.842. The van der Waals surface area contributed by atoms with Crippen LogP contribution in [0.15, 0.2) is 18.2 Å². The number of rotatable bonds is 2. The van der Waals surface area contributed by atoms with Crippen LogP contribution in [0.1, 0.15) is 44.2 Å². The summed E-state index contributed by atoms with van der Waals surface area (Å²) in [4.78, 5) is 4.84. The Morgan fingerprint density at radius 3 is 2.70 bits per heavy atom. The number of benzene rings is 1. The van der Waals surface area contributed by atoms with Crippen LogP contribution in [0.5, 0.6) is 0 Å². The second-order valence-corrected chi connectivity index (χ2v) is 8.00. The van der Waals surface area contributed by atoms with E-state index in [0.717, 1.165) is 5.92 Å². The van der Waals surface area contributed by atoms with Crippen molar-refractivity contribution in [1.82, 2.24) is 10.3 Å². The smallest absolute Gasteiger partial charge is 0.0992 e. The Bertz CT molecular complexity index is 589. The van der Waals surface area contributed by atoms with Crippen molar-refractivity contribution in [2.45, 2.75) is 45.4 Å². The SMILES string of the molecule is CC(C)(C)c1nc2cc(CC3CCNCC3)ccc2s1. The second-order valence-electron chi connectivity index (χ2n) is 6.97. The Morgan fingerprint density at radius 1 is 1.25 bits per heavy atom. The lowest BCUT2D eigenvalue weighted by atomic mass is 9.91. The quantitative estimate of drug-likeness (QED) is 0.898. The molecule has 2 aromatic rings. The van der Waals surface area contributed by atoms with Crippen LogP contribution >= 0.6 is 11.3 Å². The molecule has 2 nitrogen and oxygen atoms in total. The first kappa shape index (κ1) is 14.0. The van der Waals surface area contributed by atoms with E-state index in [1.54, 1.807) is 0 Å². The molecular weight excluding hydrogens is 264 g/mol. The molecule has 0 unspecified atom stereocenters. The van der Waals surface area contributed by atoms with Gasteiger partial charge in [-0.05, 0) is 56.0 Å². The zero-order chi connectivity index (χ0) is 14.2. The summed E-state index contributed by atoms with van der Waals surface area (Å²) in [6.07, 6.45) is 3.82. The largest absolute Gasteiger partial charge is 0.317 e. The lowest BCUT2D eigenvalue weighted by Gasteiger charge is -2.22. The first-order chi connectivity index (χ1) is 9.52. The van der Waals surface area contributed by atoms with Gasteiger partial charge in [0.1, 0.15) is 0 Å². The Labute approximate surface area is 125 Å². The molecule has 2 heterocycles. The summed E-state index contributed by atoms with van der Waals surface area (Å²) >= 11 is 1.84. The van der Waals surface area contributed by atoms with E-state index in [1.807, 2.05) is 11.3 Å². The molecule has 0 bridgehead atoms. The van der Waals surface area contributed by atoms with Crippen molar-refractivity contribution in [2.24, 2.45) is 5.92 Å². The van der Waals surface area contributed by atoms with Crippen molar-refractivity contribution in [1.29, 1.82) is 0 Å². The Kier molecular flexibility index (Phi) is 3.83. The monoisotopic (exact) mass is 288 g/mol. The van der Waals surface area contributed by atoms with Crippen LogP contribution < -0.4 is 5.32 Å². The number of nitrogens with one attached hydrogen (secondary N) is 1. The van der Waals surface area contributed by atoms with Gasteiger partial charge in [0.25, 0.3) is 0 Å². The summed E-state index contributed by atoms with van der Waals surface area (Å²) in [6, 6.07) is 6.87. The van der Waals surface area contributed by atoms with Crippen LogP contribution in [0.25, 0.3) is 10.2 Å². The Balaban J connectivity index is 1.82. The van der Waals surface area contributed by atoms with Crippen molar-refractivity contribution in [3.63, 3.8) is 0 Å². The standard InChI is InChI=1S/C17H24N2S/c1-17(2,3)16-19-14-11-13(4-5-15(14)20-16)10-12-6-8-18-9-7-12/h4-5,11-12,18H,6-10H2,1-3H3. The topological polar surface area (TPSA) is 24.9 Å². The molecule has 1 fully saturated rings. The number of aromatic nitrogens is 1. The second kappa shape index (κ2) is 5.45. The van der Waals surface area contributed by atoms with Crippen molar-refractivity contribution >= 4 is 21.6 Å². The predicted molar refractivity (Wildman–Crippen MR) is 87.6 cm³/mol. The van der Waals surface area contributed by atoms with Crippen molar-refractivity contribution in [3.05, 3.63) is 28.8 Å². The maximum atomic E-state index is 4.84. The number of hydrogen-bond acceptors (Lipinski definition) is 3. The molecular formula is C17H24N2S. The lowest BCUT2D eigenvalue weighted by molar-refractivity contribution is 0.373. The number of thiazole rings is 1.